The molecular formula is C29H38ClN7O3S. The smallest absolute Gasteiger partial charge is 0.256 e. The van der Waals surface area contributed by atoms with Crippen molar-refractivity contribution in [3.8, 4) is 0 Å². The van der Waals surface area contributed by atoms with Crippen LogP contribution in [0.1, 0.15) is 74.5 Å². The first-order valence-corrected chi connectivity index (χ1v) is 16.8. The lowest BCUT2D eigenvalue weighted by atomic mass is 9.95. The van der Waals surface area contributed by atoms with E-state index in [9.17, 15) is 13.2 Å². The average Bonchev–Trinajstić information content (AvgIpc) is 3.33. The fourth-order valence-electron chi connectivity index (χ4n) is 6.27. The molecule has 12 heteroatoms. The molecule has 10 nitrogen and oxygen atoms in total. The topological polar surface area (TPSA) is 103 Å². The molecule has 3 aliphatic rings. The zero-order chi connectivity index (χ0) is 28.9. The normalized spacial score (nSPS) is 23.5. The van der Waals surface area contributed by atoms with Crippen LogP contribution in [0.25, 0.3) is 5.65 Å². The monoisotopic (exact) mass is 599 g/mol. The Labute approximate surface area is 246 Å². The SMILES string of the molecule is C[C@H]1CC[C@@H](C)N(c2cc(N3CCC3)nc3cc([C@@H]4CCCCN4C(=O)c4cc(Cl)ccc4NS(C)(=O)=O)nn23)C1. The number of amides is 1. The fourth-order valence-corrected chi connectivity index (χ4v) is 7.01. The number of hydrogen-bond donors (Lipinski definition) is 1. The molecule has 6 rings (SSSR count). The molecule has 0 unspecified atom stereocenters. The Morgan fingerprint density at radius 1 is 1.02 bits per heavy atom. The van der Waals surface area contributed by atoms with Crippen molar-refractivity contribution in [1.29, 1.82) is 0 Å². The van der Waals surface area contributed by atoms with Gasteiger partial charge in [-0.2, -0.15) is 9.61 Å². The summed E-state index contributed by atoms with van der Waals surface area (Å²) in [5, 5.41) is 5.47. The highest BCUT2D eigenvalue weighted by atomic mass is 35.5. The van der Waals surface area contributed by atoms with Gasteiger partial charge in [0.2, 0.25) is 10.0 Å². The molecule has 3 atom stereocenters. The molecule has 3 fully saturated rings. The number of nitrogens with zero attached hydrogens (tertiary/aromatic N) is 6. The van der Waals surface area contributed by atoms with Crippen LogP contribution in [-0.4, -0.2) is 72.3 Å². The minimum atomic E-state index is -3.59. The summed E-state index contributed by atoms with van der Waals surface area (Å²) >= 11 is 6.27. The van der Waals surface area contributed by atoms with E-state index in [1.807, 2.05) is 15.5 Å². The quantitative estimate of drug-likeness (QED) is 0.427. The zero-order valence-corrected chi connectivity index (χ0v) is 25.5. The number of aromatic nitrogens is 3. The van der Waals surface area contributed by atoms with Crippen molar-refractivity contribution in [2.75, 3.05) is 47.0 Å². The van der Waals surface area contributed by atoms with Gasteiger partial charge in [0.1, 0.15) is 11.6 Å². The second kappa shape index (κ2) is 11.0. The molecule has 41 heavy (non-hydrogen) atoms. The number of carbonyl (C=O) groups is 1. The van der Waals surface area contributed by atoms with Crippen LogP contribution in [0.3, 0.4) is 0 Å². The average molecular weight is 600 g/mol. The van der Waals surface area contributed by atoms with Crippen LogP contribution in [0.2, 0.25) is 5.02 Å². The van der Waals surface area contributed by atoms with E-state index in [1.165, 1.54) is 25.0 Å². The van der Waals surface area contributed by atoms with Gasteiger partial charge in [-0.1, -0.05) is 18.5 Å². The molecule has 2 aromatic heterocycles. The number of nitrogens with one attached hydrogen (secondary N) is 1. The third-order valence-corrected chi connectivity index (χ3v) is 9.44. The van der Waals surface area contributed by atoms with E-state index in [4.69, 9.17) is 21.7 Å². The second-order valence-corrected chi connectivity index (χ2v) is 14.1. The van der Waals surface area contributed by atoms with E-state index in [2.05, 4.69) is 34.4 Å². The van der Waals surface area contributed by atoms with Crippen LogP contribution in [0, 0.1) is 5.92 Å². The lowest BCUT2D eigenvalue weighted by Gasteiger charge is -2.39. The van der Waals surface area contributed by atoms with Crippen molar-refractivity contribution in [2.24, 2.45) is 5.92 Å². The molecule has 0 aliphatic carbocycles. The van der Waals surface area contributed by atoms with Crippen molar-refractivity contribution in [2.45, 2.75) is 64.5 Å². The number of sulfonamides is 1. The molecular weight excluding hydrogens is 562 g/mol. The Bertz CT molecular complexity index is 1570. The maximum Gasteiger partial charge on any atom is 0.256 e. The summed E-state index contributed by atoms with van der Waals surface area (Å²) < 4.78 is 28.5. The Balaban J connectivity index is 1.40. The summed E-state index contributed by atoms with van der Waals surface area (Å²) in [4.78, 5) is 25.6. The van der Waals surface area contributed by atoms with Crippen molar-refractivity contribution in [1.82, 2.24) is 19.5 Å². The van der Waals surface area contributed by atoms with Gasteiger partial charge in [0.25, 0.3) is 5.91 Å². The Morgan fingerprint density at radius 2 is 1.83 bits per heavy atom. The third kappa shape index (κ3) is 5.70. The summed E-state index contributed by atoms with van der Waals surface area (Å²) in [5.74, 6) is 2.34. The van der Waals surface area contributed by atoms with E-state index in [0.29, 0.717) is 23.5 Å². The molecule has 3 aliphatic heterocycles. The Morgan fingerprint density at radius 3 is 2.56 bits per heavy atom. The van der Waals surface area contributed by atoms with E-state index in [-0.39, 0.29) is 23.2 Å². The minimum Gasteiger partial charge on any atom is -0.356 e. The molecule has 1 amide bonds. The Hall–Kier alpha value is -3.05. The minimum absolute atomic E-state index is 0.220. The standard InChI is InChI=1S/C29H38ClN7O3S/c1-19-8-9-20(2)36(18-19)28-17-26(34-12-6-13-34)31-27-16-24(32-37(27)28)25-7-4-5-14-35(25)29(38)22-15-21(30)10-11-23(22)33-41(3,39)40/h10-11,15-17,19-20,25,33H,4-9,12-14,18H2,1-3H3/t19-,20+,25-/m0/s1. The predicted octanol–water partition coefficient (Wildman–Crippen LogP) is 4.96. The molecule has 1 N–H and O–H groups in total. The van der Waals surface area contributed by atoms with Gasteiger partial charge in [-0.25, -0.2) is 13.4 Å². The number of carbonyl (C=O) groups excluding carboxylic acids is 1. The molecule has 0 radical (unpaired) electrons. The molecule has 0 saturated carbocycles. The van der Waals surface area contributed by atoms with Crippen molar-refractivity contribution in [3.05, 3.63) is 46.6 Å². The number of piperidine rings is 2. The Kier molecular flexibility index (Phi) is 7.52. The summed E-state index contributed by atoms with van der Waals surface area (Å²) in [6, 6.07) is 8.98. The molecule has 220 valence electrons. The van der Waals surface area contributed by atoms with Gasteiger partial charge >= 0.3 is 0 Å². The van der Waals surface area contributed by atoms with Gasteiger partial charge < -0.3 is 14.7 Å². The van der Waals surface area contributed by atoms with Gasteiger partial charge in [-0.3, -0.25) is 9.52 Å². The van der Waals surface area contributed by atoms with Crippen LogP contribution in [-0.2, 0) is 10.0 Å². The van der Waals surface area contributed by atoms with E-state index >= 15 is 0 Å². The highest BCUT2D eigenvalue weighted by Crippen LogP contribution is 2.36. The predicted molar refractivity (Wildman–Crippen MR) is 163 cm³/mol. The van der Waals surface area contributed by atoms with Gasteiger partial charge in [-0.05, 0) is 69.6 Å². The maximum absolute atomic E-state index is 14.0. The first-order chi connectivity index (χ1) is 19.6. The number of hydrogen-bond acceptors (Lipinski definition) is 7. The number of benzene rings is 1. The number of rotatable bonds is 6. The summed E-state index contributed by atoms with van der Waals surface area (Å²) in [6.45, 7) is 8.10. The number of halogens is 1. The molecule has 0 bridgehead atoms. The third-order valence-electron chi connectivity index (χ3n) is 8.62. The first kappa shape index (κ1) is 28.1. The molecule has 3 saturated heterocycles. The van der Waals surface area contributed by atoms with Crippen molar-refractivity contribution in [3.63, 3.8) is 0 Å². The van der Waals surface area contributed by atoms with Crippen LogP contribution in [0.4, 0.5) is 17.3 Å². The van der Waals surface area contributed by atoms with E-state index in [0.717, 1.165) is 74.6 Å². The molecule has 1 aromatic carbocycles. The first-order valence-electron chi connectivity index (χ1n) is 14.6. The summed E-state index contributed by atoms with van der Waals surface area (Å²) in [7, 11) is -3.59. The number of anilines is 3. The zero-order valence-electron chi connectivity index (χ0n) is 23.9. The highest BCUT2D eigenvalue weighted by molar-refractivity contribution is 7.92. The van der Waals surface area contributed by atoms with Crippen molar-refractivity contribution >= 4 is 50.5 Å². The van der Waals surface area contributed by atoms with Crippen LogP contribution < -0.4 is 14.5 Å². The molecule has 0 spiro atoms. The fraction of sp³-hybridized carbons (Fsp3) is 0.552. The van der Waals surface area contributed by atoms with Crippen LogP contribution >= 0.6 is 11.6 Å². The lowest BCUT2D eigenvalue weighted by molar-refractivity contribution is 0.0607. The van der Waals surface area contributed by atoms with Crippen LogP contribution in [0.15, 0.2) is 30.3 Å². The summed E-state index contributed by atoms with van der Waals surface area (Å²) in [6.07, 6.45) is 7.17. The highest BCUT2D eigenvalue weighted by Gasteiger charge is 2.34. The second-order valence-electron chi connectivity index (χ2n) is 11.9. The lowest BCUT2D eigenvalue weighted by Crippen LogP contribution is -2.43. The summed E-state index contributed by atoms with van der Waals surface area (Å²) in [5.41, 5.74) is 2.03. The van der Waals surface area contributed by atoms with Crippen LogP contribution in [0.5, 0.6) is 0 Å². The van der Waals surface area contributed by atoms with E-state index < -0.39 is 10.0 Å². The number of likely N-dealkylation sites (tertiary alicyclic amines) is 1. The maximum atomic E-state index is 14.0. The van der Waals surface area contributed by atoms with Gasteiger partial charge in [-0.15, -0.1) is 0 Å². The van der Waals surface area contributed by atoms with Gasteiger partial charge in [0.05, 0.1) is 29.2 Å². The van der Waals surface area contributed by atoms with Crippen molar-refractivity contribution < 1.29 is 13.2 Å². The largest absolute Gasteiger partial charge is 0.356 e. The molecule has 3 aromatic rings. The van der Waals surface area contributed by atoms with Gasteiger partial charge in [0, 0.05) is 49.4 Å². The van der Waals surface area contributed by atoms with Gasteiger partial charge in [0.15, 0.2) is 5.65 Å². The number of fused-ring (bicyclic) bond motifs is 1. The van der Waals surface area contributed by atoms with E-state index in [1.54, 1.807) is 6.07 Å². The molecule has 5 heterocycles.